The van der Waals surface area contributed by atoms with Gasteiger partial charge in [0.25, 0.3) is 5.91 Å². The summed E-state index contributed by atoms with van der Waals surface area (Å²) in [6.07, 6.45) is -0.741. The summed E-state index contributed by atoms with van der Waals surface area (Å²) >= 11 is 1.58. The maximum absolute atomic E-state index is 12.4. The van der Waals surface area contributed by atoms with E-state index in [2.05, 4.69) is 16.4 Å². The van der Waals surface area contributed by atoms with E-state index in [0.29, 0.717) is 17.0 Å². The minimum absolute atomic E-state index is 0.288. The number of hydrogen-bond donors (Lipinski definition) is 1. The third kappa shape index (κ3) is 4.08. The molecule has 0 fully saturated rings. The first-order valence-corrected chi connectivity index (χ1v) is 8.94. The highest BCUT2D eigenvalue weighted by Gasteiger charge is 2.17. The van der Waals surface area contributed by atoms with Gasteiger partial charge in [0.2, 0.25) is 0 Å². The molecule has 1 unspecified atom stereocenters. The molecule has 5 nitrogen and oxygen atoms in total. The molecule has 6 heteroatoms. The third-order valence-corrected chi connectivity index (χ3v) is 4.50. The second-order valence-corrected chi connectivity index (χ2v) is 6.75. The lowest BCUT2D eigenvalue weighted by molar-refractivity contribution is -0.122. The zero-order valence-corrected chi connectivity index (χ0v) is 15.2. The van der Waals surface area contributed by atoms with Crippen molar-refractivity contribution in [3.05, 3.63) is 64.5 Å². The van der Waals surface area contributed by atoms with Gasteiger partial charge in [0.15, 0.2) is 6.10 Å². The van der Waals surface area contributed by atoms with Crippen molar-refractivity contribution in [2.45, 2.75) is 20.0 Å². The molecule has 0 saturated heterocycles. The predicted molar refractivity (Wildman–Crippen MR) is 102 cm³/mol. The number of rotatable bonds is 5. The number of anilines is 1. The Balaban J connectivity index is 1.70. The molecule has 0 saturated carbocycles. The molecule has 1 N–H and O–H groups in total. The molecule has 0 aliphatic rings. The van der Waals surface area contributed by atoms with E-state index in [9.17, 15) is 4.79 Å². The van der Waals surface area contributed by atoms with Crippen LogP contribution in [0.1, 0.15) is 17.5 Å². The van der Waals surface area contributed by atoms with Crippen LogP contribution in [0.2, 0.25) is 0 Å². The molecule has 1 aromatic heterocycles. The molecule has 1 atom stereocenters. The average Bonchev–Trinajstić information content (AvgIpc) is 3.09. The minimum Gasteiger partial charge on any atom is -0.480 e. The molecule has 0 radical (unpaired) electrons. The summed E-state index contributed by atoms with van der Waals surface area (Å²) < 4.78 is 5.64. The largest absolute Gasteiger partial charge is 0.480 e. The van der Waals surface area contributed by atoms with Gasteiger partial charge in [0.05, 0.1) is 16.3 Å². The highest BCUT2D eigenvalue weighted by molar-refractivity contribution is 7.09. The van der Waals surface area contributed by atoms with Crippen LogP contribution >= 0.6 is 11.3 Å². The summed E-state index contributed by atoms with van der Waals surface area (Å²) in [6, 6.07) is 16.4. The first kappa shape index (κ1) is 17.6. The van der Waals surface area contributed by atoms with E-state index in [4.69, 9.17) is 10.00 Å². The summed E-state index contributed by atoms with van der Waals surface area (Å²) in [4.78, 5) is 16.9. The Labute approximate surface area is 155 Å². The highest BCUT2D eigenvalue weighted by Crippen LogP contribution is 2.24. The first-order chi connectivity index (χ1) is 12.6. The van der Waals surface area contributed by atoms with E-state index < -0.39 is 6.10 Å². The quantitative estimate of drug-likeness (QED) is 0.729. The first-order valence-electron chi connectivity index (χ1n) is 8.06. The zero-order chi connectivity index (χ0) is 18.5. The number of benzene rings is 2. The van der Waals surface area contributed by atoms with Gasteiger partial charge in [0.1, 0.15) is 11.8 Å². The van der Waals surface area contributed by atoms with Crippen molar-refractivity contribution >= 4 is 22.9 Å². The number of aromatic nitrogens is 1. The van der Waals surface area contributed by atoms with Crippen LogP contribution in [0.4, 0.5) is 5.69 Å². The minimum atomic E-state index is -0.741. The number of carbonyl (C=O) groups is 1. The fraction of sp³-hybridized carbons (Fsp3) is 0.150. The molecule has 0 aliphatic heterocycles. The molecule has 3 aromatic rings. The summed E-state index contributed by atoms with van der Waals surface area (Å²) in [5.74, 6) is 0.105. The number of ether oxygens (including phenoxy) is 1. The van der Waals surface area contributed by atoms with Crippen molar-refractivity contribution < 1.29 is 9.53 Å². The van der Waals surface area contributed by atoms with Gasteiger partial charge in [0, 0.05) is 16.6 Å². The Bertz CT molecular complexity index is 975. The number of thiazole rings is 1. The van der Waals surface area contributed by atoms with Crippen molar-refractivity contribution in [2.75, 3.05) is 5.32 Å². The van der Waals surface area contributed by atoms with Crippen molar-refractivity contribution in [1.82, 2.24) is 4.98 Å². The van der Waals surface area contributed by atoms with E-state index in [-0.39, 0.29) is 5.91 Å². The molecule has 26 heavy (non-hydrogen) atoms. The van der Waals surface area contributed by atoms with Crippen LogP contribution in [0.15, 0.2) is 53.9 Å². The maximum Gasteiger partial charge on any atom is 0.265 e. The Kier molecular flexibility index (Phi) is 5.30. The summed E-state index contributed by atoms with van der Waals surface area (Å²) in [6.45, 7) is 3.61. The standard InChI is InChI=1S/C20H17N3O2S/c1-13(25-19-9-4-3-6-16(19)11-21)20(24)23-17-8-5-7-15(10-17)18-12-26-14(2)22-18/h3-10,12-13H,1-2H3,(H,23,24). The smallest absolute Gasteiger partial charge is 0.265 e. The number of nitrogens with zero attached hydrogens (tertiary/aromatic N) is 2. The van der Waals surface area contributed by atoms with Crippen molar-refractivity contribution in [1.29, 1.82) is 5.26 Å². The van der Waals surface area contributed by atoms with Gasteiger partial charge >= 0.3 is 0 Å². The molecule has 130 valence electrons. The lowest BCUT2D eigenvalue weighted by Crippen LogP contribution is -2.30. The Hall–Kier alpha value is -3.17. The summed E-state index contributed by atoms with van der Waals surface area (Å²) in [7, 11) is 0. The predicted octanol–water partition coefficient (Wildman–Crippen LogP) is 4.40. The third-order valence-electron chi connectivity index (χ3n) is 3.73. The average molecular weight is 363 g/mol. The van der Waals surface area contributed by atoms with E-state index in [1.807, 2.05) is 36.6 Å². The van der Waals surface area contributed by atoms with Gasteiger partial charge in [-0.2, -0.15) is 5.26 Å². The van der Waals surface area contributed by atoms with Crippen molar-refractivity contribution in [2.24, 2.45) is 0 Å². The zero-order valence-electron chi connectivity index (χ0n) is 14.4. The highest BCUT2D eigenvalue weighted by atomic mass is 32.1. The van der Waals surface area contributed by atoms with Gasteiger partial charge in [-0.3, -0.25) is 4.79 Å². The Morgan fingerprint density at radius 3 is 2.81 bits per heavy atom. The molecule has 1 amide bonds. The van der Waals surface area contributed by atoms with Gasteiger partial charge in [-0.05, 0) is 38.1 Å². The van der Waals surface area contributed by atoms with Crippen molar-refractivity contribution in [3.8, 4) is 23.1 Å². The number of aryl methyl sites for hydroxylation is 1. The van der Waals surface area contributed by atoms with E-state index in [1.165, 1.54) is 0 Å². The van der Waals surface area contributed by atoms with Gasteiger partial charge in [-0.1, -0.05) is 24.3 Å². The van der Waals surface area contributed by atoms with E-state index in [1.54, 1.807) is 42.5 Å². The van der Waals surface area contributed by atoms with Gasteiger partial charge in [-0.15, -0.1) is 11.3 Å². The Morgan fingerprint density at radius 2 is 2.08 bits per heavy atom. The van der Waals surface area contributed by atoms with Crippen LogP contribution < -0.4 is 10.1 Å². The van der Waals surface area contributed by atoms with Crippen LogP contribution in [-0.2, 0) is 4.79 Å². The van der Waals surface area contributed by atoms with E-state index >= 15 is 0 Å². The molecule has 1 heterocycles. The molecular formula is C20H17N3O2S. The van der Waals surface area contributed by atoms with Crippen molar-refractivity contribution in [3.63, 3.8) is 0 Å². The fourth-order valence-corrected chi connectivity index (χ4v) is 3.02. The van der Waals surface area contributed by atoms with Crippen LogP contribution in [0.3, 0.4) is 0 Å². The summed E-state index contributed by atoms with van der Waals surface area (Å²) in [5, 5.41) is 14.9. The topological polar surface area (TPSA) is 75.0 Å². The number of para-hydroxylation sites is 1. The lowest BCUT2D eigenvalue weighted by Gasteiger charge is -2.15. The lowest BCUT2D eigenvalue weighted by atomic mass is 10.1. The van der Waals surface area contributed by atoms with Crippen LogP contribution in [0.25, 0.3) is 11.3 Å². The molecule has 0 aliphatic carbocycles. The number of amides is 1. The molecule has 0 bridgehead atoms. The SMILES string of the molecule is Cc1nc(-c2cccc(NC(=O)C(C)Oc3ccccc3C#N)c2)cs1. The normalized spacial score (nSPS) is 11.4. The maximum atomic E-state index is 12.4. The number of nitrogens with one attached hydrogen (secondary N) is 1. The summed E-state index contributed by atoms with van der Waals surface area (Å²) in [5.41, 5.74) is 2.89. The van der Waals surface area contributed by atoms with Gasteiger partial charge in [-0.25, -0.2) is 4.98 Å². The molecule has 2 aromatic carbocycles. The second kappa shape index (κ2) is 7.81. The molecule has 0 spiro atoms. The second-order valence-electron chi connectivity index (χ2n) is 5.69. The fourth-order valence-electron chi connectivity index (χ4n) is 2.40. The monoisotopic (exact) mass is 363 g/mol. The van der Waals surface area contributed by atoms with Crippen LogP contribution in [-0.4, -0.2) is 17.0 Å². The number of hydrogen-bond acceptors (Lipinski definition) is 5. The van der Waals surface area contributed by atoms with Crippen LogP contribution in [0, 0.1) is 18.3 Å². The number of carbonyl (C=O) groups excluding carboxylic acids is 1. The number of nitriles is 1. The Morgan fingerprint density at radius 1 is 1.27 bits per heavy atom. The molecular weight excluding hydrogens is 346 g/mol. The van der Waals surface area contributed by atoms with Crippen LogP contribution in [0.5, 0.6) is 5.75 Å². The molecule has 3 rings (SSSR count). The van der Waals surface area contributed by atoms with Gasteiger partial charge < -0.3 is 10.1 Å². The van der Waals surface area contributed by atoms with E-state index in [0.717, 1.165) is 16.3 Å².